The van der Waals surface area contributed by atoms with Crippen LogP contribution in [0.5, 0.6) is 0 Å². The van der Waals surface area contributed by atoms with E-state index in [0.717, 1.165) is 0 Å². The molecule has 162 valence electrons. The van der Waals surface area contributed by atoms with Crippen LogP contribution in [0.1, 0.15) is 0 Å². The van der Waals surface area contributed by atoms with Gasteiger partial charge in [0.15, 0.2) is 0 Å². The monoisotopic (exact) mass is 449 g/mol. The number of carbonyl (C=O) groups excluding carboxylic acids is 1. The molecule has 27 heavy (non-hydrogen) atoms. The fourth-order valence-corrected chi connectivity index (χ4v) is 1.22. The average molecular weight is 449 g/mol. The zero-order chi connectivity index (χ0) is 22.7. The smallest absolute Gasteiger partial charge is 0.234 e. The molecular formula is C8F17NO. The van der Waals surface area contributed by atoms with Gasteiger partial charge in [-0.1, -0.05) is 0 Å². The molecule has 0 heterocycles. The highest BCUT2D eigenvalue weighted by molar-refractivity contribution is 5.68. The average Bonchev–Trinajstić information content (AvgIpc) is 2.33. The number of amides is 1. The van der Waals surface area contributed by atoms with Crippen LogP contribution in [-0.4, -0.2) is 53.3 Å². The summed E-state index contributed by atoms with van der Waals surface area (Å²) in [4.78, 5) is 5.63. The van der Waals surface area contributed by atoms with Crippen molar-refractivity contribution >= 4 is 6.16 Å². The van der Waals surface area contributed by atoms with Crippen molar-refractivity contribution in [1.82, 2.24) is 4.90 Å². The van der Waals surface area contributed by atoms with Gasteiger partial charge in [-0.05, 0) is 0 Å². The Balaban J connectivity index is 6.76. The van der Waals surface area contributed by atoms with Gasteiger partial charge in [-0.2, -0.15) is 75.1 Å². The van der Waals surface area contributed by atoms with Crippen LogP contribution in [0.2, 0.25) is 0 Å². The van der Waals surface area contributed by atoms with Crippen LogP contribution in [-0.2, 0) is 0 Å². The first-order valence-electron chi connectivity index (χ1n) is 5.34. The van der Waals surface area contributed by atoms with Crippen LogP contribution in [0.4, 0.5) is 79.4 Å². The summed E-state index contributed by atoms with van der Waals surface area (Å²) in [6, 6.07) is -16.3. The Morgan fingerprint density at radius 3 is 0.963 bits per heavy atom. The lowest BCUT2D eigenvalue weighted by molar-refractivity contribution is -0.455. The molecule has 0 aliphatic rings. The van der Waals surface area contributed by atoms with Crippen molar-refractivity contribution < 1.29 is 79.4 Å². The van der Waals surface area contributed by atoms with Crippen molar-refractivity contribution in [3.63, 3.8) is 0 Å². The Kier molecular flexibility index (Phi) is 5.75. The third-order valence-corrected chi connectivity index (χ3v) is 2.60. The topological polar surface area (TPSA) is 20.3 Å². The van der Waals surface area contributed by atoms with E-state index in [1.807, 2.05) is 0 Å². The summed E-state index contributed by atoms with van der Waals surface area (Å²) in [6.07, 6.45) is -20.4. The van der Waals surface area contributed by atoms with Gasteiger partial charge in [0.1, 0.15) is 0 Å². The molecule has 0 aromatic rings. The second-order valence-corrected chi connectivity index (χ2v) is 4.39. The van der Waals surface area contributed by atoms with Gasteiger partial charge in [-0.25, -0.2) is 4.79 Å². The van der Waals surface area contributed by atoms with E-state index in [1.54, 1.807) is 0 Å². The van der Waals surface area contributed by atoms with Crippen molar-refractivity contribution in [3.05, 3.63) is 0 Å². The number of rotatable bonds is 5. The number of carbonyl (C=O) groups is 1. The molecule has 0 aliphatic heterocycles. The second kappa shape index (κ2) is 6.14. The molecule has 1 amide bonds. The predicted molar refractivity (Wildman–Crippen MR) is 45.2 cm³/mol. The van der Waals surface area contributed by atoms with Crippen LogP contribution < -0.4 is 0 Å². The van der Waals surface area contributed by atoms with Gasteiger partial charge in [0.25, 0.3) is 0 Å². The lowest BCUT2D eigenvalue weighted by Crippen LogP contribution is -2.73. The summed E-state index contributed by atoms with van der Waals surface area (Å²) >= 11 is 0. The predicted octanol–water partition coefficient (Wildman–Crippen LogP) is 5.59. The lowest BCUT2D eigenvalue weighted by Gasteiger charge is -2.42. The van der Waals surface area contributed by atoms with Crippen molar-refractivity contribution in [2.45, 2.75) is 42.2 Å². The third kappa shape index (κ3) is 3.43. The summed E-state index contributed by atoms with van der Waals surface area (Å²) in [5, 5.41) is 0. The summed E-state index contributed by atoms with van der Waals surface area (Å²) in [5.74, 6) is -24.4. The molecule has 0 bridgehead atoms. The van der Waals surface area contributed by atoms with Crippen molar-refractivity contribution in [2.75, 3.05) is 0 Å². The molecule has 0 saturated heterocycles. The first-order valence-corrected chi connectivity index (χ1v) is 5.34. The maximum absolute atomic E-state index is 13.1. The SMILES string of the molecule is O=C(F)N(C(F)(F)C(F)(F)C(F)(F)F)C(F)(F)C(F)(F)C(F)(F)C(F)(F)F. The number of hydrogen-bond donors (Lipinski definition) is 0. The number of nitrogens with zero attached hydrogens (tertiary/aromatic N) is 1. The molecule has 0 aromatic carbocycles. The molecular weight excluding hydrogens is 449 g/mol. The molecule has 0 aliphatic carbocycles. The van der Waals surface area contributed by atoms with E-state index in [4.69, 9.17) is 0 Å². The van der Waals surface area contributed by atoms with Gasteiger partial charge in [0, 0.05) is 0 Å². The van der Waals surface area contributed by atoms with Gasteiger partial charge in [0.2, 0.25) is 0 Å². The van der Waals surface area contributed by atoms with E-state index < -0.39 is 53.3 Å². The molecule has 0 aromatic heterocycles. The van der Waals surface area contributed by atoms with Gasteiger partial charge >= 0.3 is 48.4 Å². The molecule has 0 unspecified atom stereocenters. The molecule has 2 nitrogen and oxygen atoms in total. The number of hydrogen-bond acceptors (Lipinski definition) is 1. The molecule has 0 atom stereocenters. The van der Waals surface area contributed by atoms with E-state index in [9.17, 15) is 79.4 Å². The minimum atomic E-state index is -8.33. The Morgan fingerprint density at radius 2 is 0.741 bits per heavy atom. The standard InChI is InChI=1S/C8F17NO/c9-1(27)26(8(24,25)4(14,15)6(19,20)21)7(22,23)3(12,13)2(10,11)5(16,17)18. The zero-order valence-corrected chi connectivity index (χ0v) is 11.3. The molecule has 0 saturated carbocycles. The molecule has 0 N–H and O–H groups in total. The fourth-order valence-electron chi connectivity index (χ4n) is 1.22. The molecule has 19 heteroatoms. The van der Waals surface area contributed by atoms with Crippen LogP contribution in [0.25, 0.3) is 0 Å². The maximum atomic E-state index is 13.1. The van der Waals surface area contributed by atoms with Crippen LogP contribution >= 0.6 is 0 Å². The second-order valence-electron chi connectivity index (χ2n) is 4.39. The van der Waals surface area contributed by atoms with Gasteiger partial charge in [-0.3, -0.25) is 0 Å². The minimum Gasteiger partial charge on any atom is -0.234 e. The summed E-state index contributed by atoms with van der Waals surface area (Å²) < 4.78 is 211. The normalized spacial score (nSPS) is 15.7. The highest BCUT2D eigenvalue weighted by Crippen LogP contribution is 2.58. The van der Waals surface area contributed by atoms with E-state index in [0.29, 0.717) is 0 Å². The van der Waals surface area contributed by atoms with Gasteiger partial charge in [0.05, 0.1) is 0 Å². The summed E-state index contributed by atoms with van der Waals surface area (Å²) in [6.45, 7) is 0. The Bertz CT molecular complexity index is 570. The Morgan fingerprint density at radius 1 is 0.481 bits per heavy atom. The maximum Gasteiger partial charge on any atom is 0.462 e. The van der Waals surface area contributed by atoms with Gasteiger partial charge < -0.3 is 0 Å². The van der Waals surface area contributed by atoms with Crippen LogP contribution in [0.3, 0.4) is 0 Å². The minimum absolute atomic E-state index is 4.34. The summed E-state index contributed by atoms with van der Waals surface area (Å²) in [7, 11) is 0. The third-order valence-electron chi connectivity index (χ3n) is 2.60. The Hall–Kier alpha value is -1.72. The first-order chi connectivity index (χ1) is 11.3. The molecule has 0 fully saturated rings. The highest BCUT2D eigenvalue weighted by Gasteiger charge is 2.88. The molecule has 0 radical (unpaired) electrons. The fraction of sp³-hybridized carbons (Fsp3) is 0.875. The van der Waals surface area contributed by atoms with Crippen LogP contribution in [0.15, 0.2) is 0 Å². The van der Waals surface area contributed by atoms with E-state index in [2.05, 4.69) is 0 Å². The van der Waals surface area contributed by atoms with Crippen molar-refractivity contribution in [2.24, 2.45) is 0 Å². The van der Waals surface area contributed by atoms with E-state index >= 15 is 0 Å². The highest BCUT2D eigenvalue weighted by atomic mass is 19.4. The number of halogens is 17. The van der Waals surface area contributed by atoms with Crippen LogP contribution in [0, 0.1) is 0 Å². The Labute approximate surface area is 134 Å². The largest absolute Gasteiger partial charge is 0.462 e. The van der Waals surface area contributed by atoms with Crippen molar-refractivity contribution in [3.8, 4) is 0 Å². The molecule has 0 rings (SSSR count). The molecule has 0 spiro atoms. The lowest BCUT2D eigenvalue weighted by atomic mass is 10.1. The van der Waals surface area contributed by atoms with Gasteiger partial charge in [-0.15, -0.1) is 4.39 Å². The van der Waals surface area contributed by atoms with E-state index in [-0.39, 0.29) is 0 Å². The summed E-state index contributed by atoms with van der Waals surface area (Å²) in [5.41, 5.74) is 0. The first kappa shape index (κ1) is 25.3. The quantitative estimate of drug-likeness (QED) is 0.305. The van der Waals surface area contributed by atoms with Crippen molar-refractivity contribution in [1.29, 1.82) is 0 Å². The van der Waals surface area contributed by atoms with E-state index in [1.165, 1.54) is 0 Å². The zero-order valence-electron chi connectivity index (χ0n) is 11.3. The number of alkyl halides is 16.